The molecule has 1 aliphatic heterocycles. The van der Waals surface area contributed by atoms with Crippen molar-refractivity contribution in [3.05, 3.63) is 0 Å². The molecule has 0 aromatic heterocycles. The fourth-order valence-corrected chi connectivity index (χ4v) is 1.99. The van der Waals surface area contributed by atoms with Gasteiger partial charge in [0.05, 0.1) is 0 Å². The predicted molar refractivity (Wildman–Crippen MR) is 67.9 cm³/mol. The van der Waals surface area contributed by atoms with Crippen molar-refractivity contribution in [1.29, 1.82) is 0 Å². The summed E-state index contributed by atoms with van der Waals surface area (Å²) in [7, 11) is 2.03. The van der Waals surface area contributed by atoms with Gasteiger partial charge in [-0.2, -0.15) is 0 Å². The molecule has 2 N–H and O–H groups in total. The number of hydrogen-bond donors (Lipinski definition) is 1. The molecule has 1 heterocycles. The number of likely N-dealkylation sites (N-methyl/N-ethyl adjacent to an activating group) is 1. The number of likely N-dealkylation sites (tertiary alicyclic amines) is 1. The van der Waals surface area contributed by atoms with E-state index in [2.05, 4.69) is 11.8 Å². The summed E-state index contributed by atoms with van der Waals surface area (Å²) >= 11 is 0. The highest BCUT2D eigenvalue weighted by atomic mass is 16.6. The first-order chi connectivity index (χ1) is 7.74. The highest BCUT2D eigenvalue weighted by molar-refractivity contribution is 5.68. The Morgan fingerprint density at radius 2 is 2.06 bits per heavy atom. The molecule has 0 radical (unpaired) electrons. The average Bonchev–Trinajstić information content (AvgIpc) is 2.57. The van der Waals surface area contributed by atoms with Crippen molar-refractivity contribution in [2.75, 3.05) is 26.7 Å². The van der Waals surface area contributed by atoms with Crippen LogP contribution < -0.4 is 5.73 Å². The second kappa shape index (κ2) is 5.23. The zero-order valence-corrected chi connectivity index (χ0v) is 11.6. The predicted octanol–water partition coefficient (Wildman–Crippen LogP) is 0.885. The molecule has 0 aromatic carbocycles. The van der Waals surface area contributed by atoms with E-state index in [4.69, 9.17) is 10.5 Å². The van der Waals surface area contributed by atoms with Gasteiger partial charge in [-0.1, -0.05) is 6.92 Å². The van der Waals surface area contributed by atoms with Crippen LogP contribution in [0, 0.1) is 0 Å². The molecule has 1 aliphatic rings. The van der Waals surface area contributed by atoms with Crippen molar-refractivity contribution in [3.63, 3.8) is 0 Å². The van der Waals surface area contributed by atoms with E-state index >= 15 is 0 Å². The van der Waals surface area contributed by atoms with Crippen molar-refractivity contribution < 1.29 is 9.53 Å². The molecule has 1 fully saturated rings. The summed E-state index contributed by atoms with van der Waals surface area (Å²) in [5, 5.41) is 0. The monoisotopic (exact) mass is 243 g/mol. The SMILES string of the molecule is CCN(C)[C@@H]1CN(C(=O)OC(C)(C)C)C[C@@H]1N. The Morgan fingerprint density at radius 1 is 1.47 bits per heavy atom. The van der Waals surface area contributed by atoms with Crippen molar-refractivity contribution >= 4 is 6.09 Å². The van der Waals surface area contributed by atoms with Gasteiger partial charge in [0.1, 0.15) is 5.60 Å². The first kappa shape index (κ1) is 14.3. The molecule has 0 bridgehead atoms. The third-order valence-corrected chi connectivity index (χ3v) is 3.05. The van der Waals surface area contributed by atoms with Gasteiger partial charge in [0.2, 0.25) is 0 Å². The van der Waals surface area contributed by atoms with E-state index in [1.807, 2.05) is 27.8 Å². The number of carbonyl (C=O) groups excluding carboxylic acids is 1. The van der Waals surface area contributed by atoms with Gasteiger partial charge in [0, 0.05) is 25.2 Å². The summed E-state index contributed by atoms with van der Waals surface area (Å²) < 4.78 is 5.34. The number of amides is 1. The molecule has 5 nitrogen and oxygen atoms in total. The van der Waals surface area contributed by atoms with Crippen molar-refractivity contribution in [2.24, 2.45) is 5.73 Å². The topological polar surface area (TPSA) is 58.8 Å². The minimum absolute atomic E-state index is 0.00692. The highest BCUT2D eigenvalue weighted by Crippen LogP contribution is 2.17. The average molecular weight is 243 g/mol. The molecule has 0 spiro atoms. The van der Waals surface area contributed by atoms with E-state index in [-0.39, 0.29) is 18.2 Å². The quantitative estimate of drug-likeness (QED) is 0.782. The second-order valence-corrected chi connectivity index (χ2v) is 5.69. The largest absolute Gasteiger partial charge is 0.444 e. The lowest BCUT2D eigenvalue weighted by Gasteiger charge is -2.26. The molecule has 100 valence electrons. The Bertz CT molecular complexity index is 275. The van der Waals surface area contributed by atoms with Crippen LogP contribution in [0.15, 0.2) is 0 Å². The molecular weight excluding hydrogens is 218 g/mol. The molecule has 0 unspecified atom stereocenters. The van der Waals surface area contributed by atoms with Crippen LogP contribution in [0.2, 0.25) is 0 Å². The van der Waals surface area contributed by atoms with E-state index in [1.165, 1.54) is 0 Å². The molecule has 17 heavy (non-hydrogen) atoms. The Balaban J connectivity index is 2.57. The summed E-state index contributed by atoms with van der Waals surface area (Å²) in [4.78, 5) is 15.8. The standard InChI is InChI=1S/C12H25N3O2/c1-6-14(5)10-8-15(7-9(10)13)11(16)17-12(2,3)4/h9-10H,6-8,13H2,1-5H3/t9-,10+/m0/s1. The van der Waals surface area contributed by atoms with E-state index in [1.54, 1.807) is 4.90 Å². The second-order valence-electron chi connectivity index (χ2n) is 5.69. The fraction of sp³-hybridized carbons (Fsp3) is 0.917. The van der Waals surface area contributed by atoms with E-state index < -0.39 is 5.60 Å². The molecule has 0 saturated carbocycles. The van der Waals surface area contributed by atoms with Gasteiger partial charge in [-0.25, -0.2) is 4.79 Å². The molecule has 0 aliphatic carbocycles. The first-order valence-electron chi connectivity index (χ1n) is 6.18. The van der Waals surface area contributed by atoms with Gasteiger partial charge in [0.15, 0.2) is 0 Å². The third kappa shape index (κ3) is 3.85. The van der Waals surface area contributed by atoms with E-state index in [9.17, 15) is 4.79 Å². The number of ether oxygens (including phenoxy) is 1. The molecule has 1 amide bonds. The summed E-state index contributed by atoms with van der Waals surface area (Å²) in [6, 6.07) is 0.236. The van der Waals surface area contributed by atoms with Crippen LogP contribution in [0.5, 0.6) is 0 Å². The maximum absolute atomic E-state index is 11.9. The van der Waals surface area contributed by atoms with Gasteiger partial charge in [-0.15, -0.1) is 0 Å². The lowest BCUT2D eigenvalue weighted by molar-refractivity contribution is 0.0282. The fourth-order valence-electron chi connectivity index (χ4n) is 1.99. The van der Waals surface area contributed by atoms with Gasteiger partial charge in [-0.05, 0) is 34.4 Å². The Kier molecular flexibility index (Phi) is 4.38. The molecule has 0 aromatic rings. The van der Waals surface area contributed by atoms with Crippen LogP contribution in [-0.4, -0.2) is 60.3 Å². The number of rotatable bonds is 2. The van der Waals surface area contributed by atoms with Gasteiger partial charge in [-0.3, -0.25) is 0 Å². The van der Waals surface area contributed by atoms with E-state index in [0.29, 0.717) is 13.1 Å². The summed E-state index contributed by atoms with van der Waals surface area (Å²) in [6.07, 6.45) is -0.264. The summed E-state index contributed by atoms with van der Waals surface area (Å²) in [5.41, 5.74) is 5.61. The normalized spacial score (nSPS) is 25.5. The maximum Gasteiger partial charge on any atom is 0.410 e. The van der Waals surface area contributed by atoms with Crippen LogP contribution >= 0.6 is 0 Å². The van der Waals surface area contributed by atoms with E-state index in [0.717, 1.165) is 6.54 Å². The summed E-state index contributed by atoms with van der Waals surface area (Å²) in [5.74, 6) is 0. The van der Waals surface area contributed by atoms with Crippen molar-refractivity contribution in [2.45, 2.75) is 45.4 Å². The van der Waals surface area contributed by atoms with Crippen LogP contribution in [-0.2, 0) is 4.74 Å². The number of nitrogens with two attached hydrogens (primary N) is 1. The maximum atomic E-state index is 11.9. The molecule has 2 atom stereocenters. The number of carbonyl (C=O) groups is 1. The zero-order valence-electron chi connectivity index (χ0n) is 11.6. The third-order valence-electron chi connectivity index (χ3n) is 3.05. The molecule has 5 heteroatoms. The van der Waals surface area contributed by atoms with Crippen LogP contribution in [0.4, 0.5) is 4.79 Å². The van der Waals surface area contributed by atoms with Crippen LogP contribution in [0.1, 0.15) is 27.7 Å². The highest BCUT2D eigenvalue weighted by Gasteiger charge is 2.36. The van der Waals surface area contributed by atoms with Gasteiger partial charge >= 0.3 is 6.09 Å². The minimum atomic E-state index is -0.448. The van der Waals surface area contributed by atoms with Crippen LogP contribution in [0.3, 0.4) is 0 Å². The minimum Gasteiger partial charge on any atom is -0.444 e. The Labute approximate surface area is 104 Å². The smallest absolute Gasteiger partial charge is 0.410 e. The molecular formula is C12H25N3O2. The zero-order chi connectivity index (χ0) is 13.2. The Morgan fingerprint density at radius 3 is 2.53 bits per heavy atom. The summed E-state index contributed by atoms with van der Waals surface area (Å²) in [6.45, 7) is 9.86. The molecule has 1 rings (SSSR count). The van der Waals surface area contributed by atoms with Gasteiger partial charge in [0.25, 0.3) is 0 Å². The van der Waals surface area contributed by atoms with Crippen molar-refractivity contribution in [3.8, 4) is 0 Å². The first-order valence-corrected chi connectivity index (χ1v) is 6.18. The van der Waals surface area contributed by atoms with Crippen LogP contribution in [0.25, 0.3) is 0 Å². The van der Waals surface area contributed by atoms with Crippen molar-refractivity contribution in [1.82, 2.24) is 9.80 Å². The molecule has 1 saturated heterocycles. The number of hydrogen-bond acceptors (Lipinski definition) is 4. The lowest BCUT2D eigenvalue weighted by Crippen LogP contribution is -2.44. The van der Waals surface area contributed by atoms with Gasteiger partial charge < -0.3 is 20.3 Å². The Hall–Kier alpha value is -0.810. The lowest BCUT2D eigenvalue weighted by atomic mass is 10.1. The number of nitrogens with zero attached hydrogens (tertiary/aromatic N) is 2.